The van der Waals surface area contributed by atoms with Crippen molar-refractivity contribution in [3.63, 3.8) is 0 Å². The zero-order valence-electron chi connectivity index (χ0n) is 19.9. The summed E-state index contributed by atoms with van der Waals surface area (Å²) in [5, 5.41) is 2.70. The van der Waals surface area contributed by atoms with Crippen LogP contribution in [0.3, 0.4) is 0 Å². The van der Waals surface area contributed by atoms with Crippen molar-refractivity contribution in [2.75, 3.05) is 6.61 Å². The second-order valence-electron chi connectivity index (χ2n) is 8.41. The molecule has 1 fully saturated rings. The lowest BCUT2D eigenvalue weighted by molar-refractivity contribution is -0.123. The lowest BCUT2D eigenvalue weighted by atomic mass is 10.1. The Bertz CT molecular complexity index is 1280. The highest BCUT2D eigenvalue weighted by molar-refractivity contribution is 14.1. The minimum absolute atomic E-state index is 0.218. The van der Waals surface area contributed by atoms with Crippen LogP contribution in [0, 0.1) is 17.4 Å². The third-order valence-electron chi connectivity index (χ3n) is 5.53. The molecule has 0 atom stereocenters. The number of benzene rings is 3. The van der Waals surface area contributed by atoms with Crippen molar-refractivity contribution < 1.29 is 19.1 Å². The lowest BCUT2D eigenvalue weighted by Crippen LogP contribution is -2.30. The minimum Gasteiger partial charge on any atom is -0.490 e. The highest BCUT2D eigenvalue weighted by Crippen LogP contribution is 2.36. The topological polar surface area (TPSA) is 67.9 Å². The fourth-order valence-corrected chi connectivity index (χ4v) is 4.57. The second kappa shape index (κ2) is 10.9. The molecule has 0 radical (unpaired) electrons. The van der Waals surface area contributed by atoms with Gasteiger partial charge in [-0.2, -0.15) is 0 Å². The van der Waals surface area contributed by atoms with Gasteiger partial charge in [-0.1, -0.05) is 59.7 Å². The fraction of sp³-hybridized carbons (Fsp3) is 0.214. The van der Waals surface area contributed by atoms with E-state index >= 15 is 0 Å². The predicted octanol–water partition coefficient (Wildman–Crippen LogP) is 5.98. The van der Waals surface area contributed by atoms with E-state index in [2.05, 4.69) is 34.0 Å². The highest BCUT2D eigenvalue weighted by atomic mass is 127. The maximum absolute atomic E-state index is 13.0. The molecule has 180 valence electrons. The van der Waals surface area contributed by atoms with Gasteiger partial charge >= 0.3 is 6.03 Å². The first-order valence-electron chi connectivity index (χ1n) is 11.4. The van der Waals surface area contributed by atoms with Crippen molar-refractivity contribution in [2.24, 2.45) is 0 Å². The molecule has 0 saturated carbocycles. The monoisotopic (exact) mass is 582 g/mol. The van der Waals surface area contributed by atoms with E-state index in [-0.39, 0.29) is 18.1 Å². The molecule has 0 bridgehead atoms. The quantitative estimate of drug-likeness (QED) is 0.202. The summed E-state index contributed by atoms with van der Waals surface area (Å²) < 4.78 is 12.8. The van der Waals surface area contributed by atoms with Crippen LogP contribution in [0.5, 0.6) is 11.5 Å². The van der Waals surface area contributed by atoms with Gasteiger partial charge in [-0.15, -0.1) is 0 Å². The first-order valence-corrected chi connectivity index (χ1v) is 12.5. The molecule has 1 aliphatic heterocycles. The van der Waals surface area contributed by atoms with E-state index in [0.29, 0.717) is 24.7 Å². The molecule has 3 amide bonds. The maximum Gasteiger partial charge on any atom is 0.329 e. The van der Waals surface area contributed by atoms with Crippen LogP contribution >= 0.6 is 22.6 Å². The molecule has 3 aromatic rings. The van der Waals surface area contributed by atoms with E-state index in [0.717, 1.165) is 25.8 Å². The molecular formula is C28H27IN2O4. The normalized spacial score (nSPS) is 14.4. The number of nitrogens with one attached hydrogen (secondary N) is 1. The number of hydrogen-bond acceptors (Lipinski definition) is 4. The van der Waals surface area contributed by atoms with Gasteiger partial charge in [-0.3, -0.25) is 9.69 Å². The summed E-state index contributed by atoms with van der Waals surface area (Å²) in [6.07, 6.45) is 1.67. The molecule has 0 spiro atoms. The molecule has 1 aliphatic rings. The minimum atomic E-state index is -0.431. The number of hydrogen-bond donors (Lipinski definition) is 1. The summed E-state index contributed by atoms with van der Waals surface area (Å²) >= 11 is 2.20. The fourth-order valence-electron chi connectivity index (χ4n) is 3.79. The van der Waals surface area contributed by atoms with E-state index in [1.54, 1.807) is 6.08 Å². The van der Waals surface area contributed by atoms with Crippen LogP contribution in [-0.2, 0) is 17.9 Å². The van der Waals surface area contributed by atoms with Crippen molar-refractivity contribution in [1.82, 2.24) is 10.2 Å². The standard InChI is InChI=1S/C28H27IN2O4/c1-4-34-25-15-22(13-23(29)26(25)35-17-21-7-5-6-19(3)12-21)14-24-27(32)31(28(33)30-24)16-20-10-8-18(2)9-11-20/h5-15H,4,16-17H2,1-3H3,(H,30,33)/b24-14+. The molecule has 4 rings (SSSR count). The van der Waals surface area contributed by atoms with Crippen LogP contribution < -0.4 is 14.8 Å². The number of halogens is 1. The maximum atomic E-state index is 13.0. The number of nitrogens with zero attached hydrogens (tertiary/aromatic N) is 1. The number of urea groups is 1. The van der Waals surface area contributed by atoms with Crippen molar-refractivity contribution in [2.45, 2.75) is 33.9 Å². The van der Waals surface area contributed by atoms with E-state index in [9.17, 15) is 9.59 Å². The van der Waals surface area contributed by atoms with Crippen molar-refractivity contribution in [3.8, 4) is 11.5 Å². The Kier molecular flexibility index (Phi) is 7.75. The Morgan fingerprint density at radius 1 is 0.943 bits per heavy atom. The van der Waals surface area contributed by atoms with E-state index in [1.165, 1.54) is 10.5 Å². The summed E-state index contributed by atoms with van der Waals surface area (Å²) in [5.41, 5.74) is 5.23. The van der Waals surface area contributed by atoms with Gasteiger partial charge in [-0.05, 0) is 78.3 Å². The third-order valence-corrected chi connectivity index (χ3v) is 6.33. The van der Waals surface area contributed by atoms with Crippen LogP contribution in [0.2, 0.25) is 0 Å². The third kappa shape index (κ3) is 6.03. The Morgan fingerprint density at radius 2 is 1.71 bits per heavy atom. The molecule has 1 heterocycles. The van der Waals surface area contributed by atoms with Crippen LogP contribution in [0.25, 0.3) is 6.08 Å². The van der Waals surface area contributed by atoms with Gasteiger partial charge in [0.15, 0.2) is 11.5 Å². The molecule has 35 heavy (non-hydrogen) atoms. The molecule has 7 heteroatoms. The molecule has 0 aromatic heterocycles. The average molecular weight is 582 g/mol. The van der Waals surface area contributed by atoms with Crippen LogP contribution in [0.4, 0.5) is 4.79 Å². The van der Waals surface area contributed by atoms with Gasteiger partial charge in [0.1, 0.15) is 12.3 Å². The molecular weight excluding hydrogens is 555 g/mol. The SMILES string of the molecule is CCOc1cc(/C=C2/NC(=O)N(Cc3ccc(C)cc3)C2=O)cc(I)c1OCc1cccc(C)c1. The first kappa shape index (κ1) is 24.8. The number of aryl methyl sites for hydroxylation is 2. The summed E-state index contributed by atoms with van der Waals surface area (Å²) in [7, 11) is 0. The summed E-state index contributed by atoms with van der Waals surface area (Å²) in [5.74, 6) is 0.884. The molecule has 6 nitrogen and oxygen atoms in total. The van der Waals surface area contributed by atoms with Crippen molar-refractivity contribution in [1.29, 1.82) is 0 Å². The zero-order valence-corrected chi connectivity index (χ0v) is 22.1. The number of amides is 3. The van der Waals surface area contributed by atoms with Crippen molar-refractivity contribution in [3.05, 3.63) is 97.7 Å². The van der Waals surface area contributed by atoms with Crippen LogP contribution in [0.15, 0.2) is 66.4 Å². The van der Waals surface area contributed by atoms with Gasteiger partial charge in [0.05, 0.1) is 16.7 Å². The zero-order chi connectivity index (χ0) is 24.9. The van der Waals surface area contributed by atoms with E-state index in [1.807, 2.05) is 75.4 Å². The Balaban J connectivity index is 1.55. The lowest BCUT2D eigenvalue weighted by Gasteiger charge is -2.15. The largest absolute Gasteiger partial charge is 0.490 e. The average Bonchev–Trinajstić information content (AvgIpc) is 3.07. The molecule has 0 unspecified atom stereocenters. The van der Waals surface area contributed by atoms with Gasteiger partial charge in [0.25, 0.3) is 5.91 Å². The molecule has 0 aliphatic carbocycles. The predicted molar refractivity (Wildman–Crippen MR) is 144 cm³/mol. The van der Waals surface area contributed by atoms with Crippen LogP contribution in [-0.4, -0.2) is 23.4 Å². The summed E-state index contributed by atoms with van der Waals surface area (Å²) in [4.78, 5) is 26.7. The summed E-state index contributed by atoms with van der Waals surface area (Å²) in [6.45, 7) is 7.06. The molecule has 3 aromatic carbocycles. The number of carbonyl (C=O) groups is 2. The van der Waals surface area contributed by atoms with E-state index in [4.69, 9.17) is 9.47 Å². The Hall–Kier alpha value is -3.33. The Labute approximate surface area is 219 Å². The summed E-state index contributed by atoms with van der Waals surface area (Å²) in [6, 6.07) is 19.2. The smallest absolute Gasteiger partial charge is 0.329 e. The first-order chi connectivity index (χ1) is 16.8. The highest BCUT2D eigenvalue weighted by Gasteiger charge is 2.33. The van der Waals surface area contributed by atoms with Crippen molar-refractivity contribution >= 4 is 40.6 Å². The number of carbonyl (C=O) groups excluding carboxylic acids is 2. The van der Waals surface area contributed by atoms with E-state index < -0.39 is 6.03 Å². The second-order valence-corrected chi connectivity index (χ2v) is 9.57. The van der Waals surface area contributed by atoms with Gasteiger partial charge in [-0.25, -0.2) is 4.79 Å². The molecule has 1 saturated heterocycles. The van der Waals surface area contributed by atoms with Gasteiger partial charge in [0, 0.05) is 0 Å². The Morgan fingerprint density at radius 3 is 2.43 bits per heavy atom. The number of ether oxygens (including phenoxy) is 2. The van der Waals surface area contributed by atoms with Gasteiger partial charge < -0.3 is 14.8 Å². The van der Waals surface area contributed by atoms with Gasteiger partial charge in [0.2, 0.25) is 0 Å². The number of rotatable bonds is 8. The van der Waals surface area contributed by atoms with Crippen LogP contribution in [0.1, 0.15) is 34.7 Å². The molecule has 1 N–H and O–H groups in total. The number of imide groups is 1.